The summed E-state index contributed by atoms with van der Waals surface area (Å²) in [6.07, 6.45) is 3.00. The average molecular weight is 336 g/mol. The molecule has 1 aliphatic carbocycles. The standard InChI is InChI=1S/C17H24N2O3S/c1-18-10-11-19(16(20)17(8-9-17)23(2,21)22)13-15(18)12-14-6-4-3-5-7-14/h3-7,15H,8-13H2,1-2H3. The van der Waals surface area contributed by atoms with Crippen LogP contribution in [0.1, 0.15) is 18.4 Å². The van der Waals surface area contributed by atoms with E-state index in [0.29, 0.717) is 25.9 Å². The fraction of sp³-hybridized carbons (Fsp3) is 0.588. The summed E-state index contributed by atoms with van der Waals surface area (Å²) in [6.45, 7) is 1.99. The Labute approximate surface area is 138 Å². The molecule has 5 nitrogen and oxygen atoms in total. The summed E-state index contributed by atoms with van der Waals surface area (Å²) in [4.78, 5) is 16.8. The second kappa shape index (κ2) is 5.91. The Kier molecular flexibility index (Phi) is 4.23. The number of carbonyl (C=O) groups is 1. The molecule has 0 radical (unpaired) electrons. The Bertz CT molecular complexity index is 683. The van der Waals surface area contributed by atoms with Gasteiger partial charge in [-0.15, -0.1) is 0 Å². The zero-order valence-corrected chi connectivity index (χ0v) is 14.6. The number of rotatable bonds is 4. The summed E-state index contributed by atoms with van der Waals surface area (Å²) in [6, 6.07) is 10.4. The Morgan fingerprint density at radius 2 is 1.87 bits per heavy atom. The van der Waals surface area contributed by atoms with Crippen molar-refractivity contribution in [3.63, 3.8) is 0 Å². The molecule has 0 N–H and O–H groups in total. The third-order valence-corrected chi connectivity index (χ3v) is 7.18. The Balaban J connectivity index is 1.72. The van der Waals surface area contributed by atoms with Gasteiger partial charge in [0.25, 0.3) is 0 Å². The molecule has 1 atom stereocenters. The van der Waals surface area contributed by atoms with Crippen molar-refractivity contribution in [1.82, 2.24) is 9.80 Å². The normalized spacial score (nSPS) is 24.4. The highest BCUT2D eigenvalue weighted by Gasteiger charge is 2.60. The molecule has 2 aliphatic rings. The van der Waals surface area contributed by atoms with Crippen molar-refractivity contribution in [1.29, 1.82) is 0 Å². The highest BCUT2D eigenvalue weighted by molar-refractivity contribution is 7.93. The minimum atomic E-state index is -3.33. The first-order chi connectivity index (χ1) is 10.8. The van der Waals surface area contributed by atoms with Gasteiger partial charge in [0, 0.05) is 31.9 Å². The highest BCUT2D eigenvalue weighted by atomic mass is 32.2. The van der Waals surface area contributed by atoms with Crippen LogP contribution in [0.4, 0.5) is 0 Å². The van der Waals surface area contributed by atoms with E-state index in [2.05, 4.69) is 24.1 Å². The third-order valence-electron chi connectivity index (χ3n) is 5.18. The van der Waals surface area contributed by atoms with Crippen molar-refractivity contribution in [2.75, 3.05) is 32.9 Å². The molecule has 1 saturated heterocycles. The Hall–Kier alpha value is -1.40. The smallest absolute Gasteiger partial charge is 0.244 e. The van der Waals surface area contributed by atoms with Crippen molar-refractivity contribution in [2.24, 2.45) is 0 Å². The van der Waals surface area contributed by atoms with Crippen LogP contribution < -0.4 is 0 Å². The molecule has 1 heterocycles. The number of benzene rings is 1. The summed E-state index contributed by atoms with van der Waals surface area (Å²) in [5.74, 6) is -0.189. The summed E-state index contributed by atoms with van der Waals surface area (Å²) in [5, 5.41) is 0. The first kappa shape index (κ1) is 16.5. The maximum atomic E-state index is 12.8. The zero-order valence-electron chi connectivity index (χ0n) is 13.7. The Morgan fingerprint density at radius 3 is 2.43 bits per heavy atom. The molecule has 1 amide bonds. The van der Waals surface area contributed by atoms with E-state index < -0.39 is 14.6 Å². The predicted molar refractivity (Wildman–Crippen MR) is 90.0 cm³/mol. The molecule has 2 fully saturated rings. The first-order valence-corrected chi connectivity index (χ1v) is 9.96. The van der Waals surface area contributed by atoms with Crippen LogP contribution in [0, 0.1) is 0 Å². The van der Waals surface area contributed by atoms with Gasteiger partial charge in [-0.1, -0.05) is 30.3 Å². The fourth-order valence-corrected chi connectivity index (χ4v) is 4.67. The van der Waals surface area contributed by atoms with Crippen LogP contribution in [0.3, 0.4) is 0 Å². The number of likely N-dealkylation sites (N-methyl/N-ethyl adjacent to an activating group) is 1. The summed E-state index contributed by atoms with van der Waals surface area (Å²) < 4.78 is 22.8. The number of sulfone groups is 1. The molecule has 23 heavy (non-hydrogen) atoms. The molecule has 126 valence electrons. The quantitative estimate of drug-likeness (QED) is 0.821. The van der Waals surface area contributed by atoms with Gasteiger partial charge in [0.15, 0.2) is 14.6 Å². The number of hydrogen-bond donors (Lipinski definition) is 0. The van der Waals surface area contributed by atoms with E-state index in [4.69, 9.17) is 0 Å². The van der Waals surface area contributed by atoms with Crippen molar-refractivity contribution >= 4 is 15.7 Å². The fourth-order valence-electron chi connectivity index (χ4n) is 3.38. The van der Waals surface area contributed by atoms with Crippen LogP contribution in [0.25, 0.3) is 0 Å². The lowest BCUT2D eigenvalue weighted by atomic mass is 10.0. The summed E-state index contributed by atoms with van der Waals surface area (Å²) in [5.41, 5.74) is 1.24. The lowest BCUT2D eigenvalue weighted by Crippen LogP contribution is -2.57. The van der Waals surface area contributed by atoms with Gasteiger partial charge >= 0.3 is 0 Å². The van der Waals surface area contributed by atoms with Gasteiger partial charge in [-0.05, 0) is 31.9 Å². The maximum Gasteiger partial charge on any atom is 0.244 e. The molecule has 1 aliphatic heterocycles. The first-order valence-electron chi connectivity index (χ1n) is 8.07. The van der Waals surface area contributed by atoms with Gasteiger partial charge in [0.1, 0.15) is 0 Å². The van der Waals surface area contributed by atoms with Gasteiger partial charge in [-0.3, -0.25) is 9.69 Å². The van der Waals surface area contributed by atoms with Gasteiger partial charge in [0.2, 0.25) is 5.91 Å². The van der Waals surface area contributed by atoms with Crippen LogP contribution in [0.2, 0.25) is 0 Å². The molecule has 0 bridgehead atoms. The van der Waals surface area contributed by atoms with E-state index in [1.807, 2.05) is 18.2 Å². The lowest BCUT2D eigenvalue weighted by molar-refractivity contribution is -0.134. The van der Waals surface area contributed by atoms with Crippen LogP contribution >= 0.6 is 0 Å². The van der Waals surface area contributed by atoms with E-state index >= 15 is 0 Å². The minimum absolute atomic E-state index is 0.189. The monoisotopic (exact) mass is 336 g/mol. The van der Waals surface area contributed by atoms with Crippen molar-refractivity contribution in [3.8, 4) is 0 Å². The van der Waals surface area contributed by atoms with E-state index in [1.165, 1.54) is 11.8 Å². The molecule has 1 aromatic rings. The predicted octanol–water partition coefficient (Wildman–Crippen LogP) is 0.949. The van der Waals surface area contributed by atoms with Gasteiger partial charge in [-0.25, -0.2) is 8.42 Å². The molecule has 1 unspecified atom stereocenters. The van der Waals surface area contributed by atoms with E-state index in [1.54, 1.807) is 4.90 Å². The number of hydrogen-bond acceptors (Lipinski definition) is 4. The van der Waals surface area contributed by atoms with Crippen LogP contribution in [-0.2, 0) is 21.1 Å². The van der Waals surface area contributed by atoms with E-state index in [9.17, 15) is 13.2 Å². The van der Waals surface area contributed by atoms with E-state index in [-0.39, 0.29) is 11.9 Å². The Morgan fingerprint density at radius 1 is 1.22 bits per heavy atom. The number of piperazine rings is 1. The van der Waals surface area contributed by atoms with Crippen molar-refractivity contribution in [3.05, 3.63) is 35.9 Å². The average Bonchev–Trinajstić information content (AvgIpc) is 3.31. The van der Waals surface area contributed by atoms with Crippen LogP contribution in [0.5, 0.6) is 0 Å². The van der Waals surface area contributed by atoms with Gasteiger partial charge < -0.3 is 4.90 Å². The van der Waals surface area contributed by atoms with Gasteiger partial charge in [-0.2, -0.15) is 0 Å². The lowest BCUT2D eigenvalue weighted by Gasteiger charge is -2.40. The topological polar surface area (TPSA) is 57.7 Å². The molecule has 1 saturated carbocycles. The maximum absolute atomic E-state index is 12.8. The molecule has 1 aromatic carbocycles. The number of nitrogens with zero attached hydrogens (tertiary/aromatic N) is 2. The number of carbonyl (C=O) groups excluding carboxylic acids is 1. The minimum Gasteiger partial charge on any atom is -0.338 e. The largest absolute Gasteiger partial charge is 0.338 e. The molecule has 6 heteroatoms. The second-order valence-electron chi connectivity index (χ2n) is 6.84. The summed E-state index contributed by atoms with van der Waals surface area (Å²) >= 11 is 0. The number of amides is 1. The molecular weight excluding hydrogens is 312 g/mol. The van der Waals surface area contributed by atoms with Gasteiger partial charge in [0.05, 0.1) is 0 Å². The van der Waals surface area contributed by atoms with Crippen LogP contribution in [0.15, 0.2) is 30.3 Å². The van der Waals surface area contributed by atoms with E-state index in [0.717, 1.165) is 13.0 Å². The van der Waals surface area contributed by atoms with Crippen molar-refractivity contribution in [2.45, 2.75) is 30.1 Å². The summed E-state index contributed by atoms with van der Waals surface area (Å²) in [7, 11) is -1.27. The molecule has 0 spiro atoms. The molecule has 0 aromatic heterocycles. The molecular formula is C17H24N2O3S. The molecule has 3 rings (SSSR count). The SMILES string of the molecule is CN1CCN(C(=O)C2(S(C)(=O)=O)CC2)CC1Cc1ccccc1. The highest BCUT2D eigenvalue weighted by Crippen LogP contribution is 2.45. The zero-order chi connectivity index (χ0) is 16.7. The third kappa shape index (κ3) is 3.15. The van der Waals surface area contributed by atoms with Crippen LogP contribution in [-0.4, -0.2) is 67.9 Å². The van der Waals surface area contributed by atoms with Crippen molar-refractivity contribution < 1.29 is 13.2 Å². The second-order valence-corrected chi connectivity index (χ2v) is 9.17.